The molecule has 1 unspecified atom stereocenters. The van der Waals surface area contributed by atoms with Crippen molar-refractivity contribution in [1.82, 2.24) is 0 Å². The lowest BCUT2D eigenvalue weighted by atomic mass is 10.1. The van der Waals surface area contributed by atoms with Gasteiger partial charge in [-0.15, -0.1) is 0 Å². The molecule has 1 aliphatic carbocycles. The Bertz CT molecular complexity index is 403. The molecule has 3 atom stereocenters. The number of carbonyl (C=O) groups is 1. The highest BCUT2D eigenvalue weighted by Crippen LogP contribution is 2.54. The molecule has 0 N–H and O–H groups in total. The van der Waals surface area contributed by atoms with Crippen LogP contribution in [-0.4, -0.2) is 11.6 Å². The molecule has 1 aliphatic rings. The summed E-state index contributed by atoms with van der Waals surface area (Å²) in [6, 6.07) is 10.2. The van der Waals surface area contributed by atoms with Gasteiger partial charge in [0.25, 0.3) is 0 Å². The molecule has 0 aromatic heterocycles. The molecule has 1 aromatic carbocycles. The predicted octanol–water partition coefficient (Wildman–Crippen LogP) is 3.38. The molecule has 2 nitrogen and oxygen atoms in total. The maximum absolute atomic E-state index is 12.0. The van der Waals surface area contributed by atoms with Gasteiger partial charge in [-0.2, -0.15) is 0 Å². The van der Waals surface area contributed by atoms with Crippen LogP contribution < -0.4 is 0 Å². The molecule has 0 saturated heterocycles. The van der Waals surface area contributed by atoms with E-state index in [2.05, 4.69) is 19.1 Å². The Morgan fingerprint density at radius 1 is 1.18 bits per heavy atom. The van der Waals surface area contributed by atoms with Crippen LogP contribution >= 0.6 is 0 Å². The van der Waals surface area contributed by atoms with Crippen LogP contribution in [-0.2, 0) is 9.53 Å². The monoisotopic (exact) mass is 232 g/mol. The van der Waals surface area contributed by atoms with Gasteiger partial charge in [0, 0.05) is 5.92 Å². The first kappa shape index (κ1) is 12.2. The van der Waals surface area contributed by atoms with Crippen molar-refractivity contribution in [2.24, 2.45) is 11.8 Å². The fourth-order valence-corrected chi connectivity index (χ4v) is 2.38. The lowest BCUT2D eigenvalue weighted by molar-refractivity contribution is -0.156. The minimum atomic E-state index is -0.388. The van der Waals surface area contributed by atoms with E-state index in [0.29, 0.717) is 11.8 Å². The Balaban J connectivity index is 2.04. The summed E-state index contributed by atoms with van der Waals surface area (Å²) >= 11 is 0. The summed E-state index contributed by atoms with van der Waals surface area (Å²) in [6.45, 7) is 7.85. The Hall–Kier alpha value is -1.31. The minimum Gasteiger partial charge on any atom is -0.460 e. The number of benzene rings is 1. The third kappa shape index (κ3) is 2.68. The van der Waals surface area contributed by atoms with Gasteiger partial charge in [0.1, 0.15) is 5.60 Å². The number of carbonyl (C=O) groups excluding carboxylic acids is 1. The fraction of sp³-hybridized carbons (Fsp3) is 0.533. The lowest BCUT2D eigenvalue weighted by Crippen LogP contribution is -2.25. The van der Waals surface area contributed by atoms with E-state index in [1.807, 2.05) is 39.0 Å². The molecule has 0 spiro atoms. The van der Waals surface area contributed by atoms with Crippen molar-refractivity contribution in [2.45, 2.75) is 39.2 Å². The SMILES string of the molecule is CC1[C@@H](C(=O)OC(C)(C)C)[C@H]1c1ccccc1. The largest absolute Gasteiger partial charge is 0.460 e. The standard InChI is InChI=1S/C15H20O2/c1-10-12(11-8-6-5-7-9-11)13(10)14(16)17-15(2,3)4/h5-10,12-13H,1-4H3/t10?,12-,13-/m1/s1. The first-order valence-corrected chi connectivity index (χ1v) is 6.18. The molecule has 2 heteroatoms. The molecule has 1 saturated carbocycles. The van der Waals surface area contributed by atoms with Gasteiger partial charge in [0.15, 0.2) is 0 Å². The maximum atomic E-state index is 12.0. The van der Waals surface area contributed by atoms with Crippen LogP contribution in [0.2, 0.25) is 0 Å². The molecule has 17 heavy (non-hydrogen) atoms. The first-order valence-electron chi connectivity index (χ1n) is 6.18. The summed E-state index contributed by atoms with van der Waals surface area (Å²) in [5, 5.41) is 0. The number of esters is 1. The molecule has 0 bridgehead atoms. The van der Waals surface area contributed by atoms with Crippen LogP contribution in [0.5, 0.6) is 0 Å². The minimum absolute atomic E-state index is 0.0385. The van der Waals surface area contributed by atoms with Gasteiger partial charge in [-0.25, -0.2) is 0 Å². The molecule has 0 aliphatic heterocycles. The van der Waals surface area contributed by atoms with Crippen LogP contribution in [0.4, 0.5) is 0 Å². The number of ether oxygens (including phenoxy) is 1. The fourth-order valence-electron chi connectivity index (χ4n) is 2.38. The van der Waals surface area contributed by atoms with Crippen molar-refractivity contribution >= 4 is 5.97 Å². The first-order chi connectivity index (χ1) is 7.90. The van der Waals surface area contributed by atoms with Gasteiger partial charge in [0.05, 0.1) is 5.92 Å². The quantitative estimate of drug-likeness (QED) is 0.731. The van der Waals surface area contributed by atoms with Gasteiger partial charge in [0.2, 0.25) is 0 Å². The van der Waals surface area contributed by atoms with Crippen LogP contribution in [0.1, 0.15) is 39.2 Å². The van der Waals surface area contributed by atoms with Crippen molar-refractivity contribution in [3.8, 4) is 0 Å². The molecule has 0 amide bonds. The number of hydrogen-bond acceptors (Lipinski definition) is 2. The van der Waals surface area contributed by atoms with Crippen LogP contribution in [0, 0.1) is 11.8 Å². The Kier molecular flexibility index (Phi) is 2.98. The van der Waals surface area contributed by atoms with Crippen molar-refractivity contribution in [3.63, 3.8) is 0 Å². The van der Waals surface area contributed by atoms with Crippen molar-refractivity contribution in [1.29, 1.82) is 0 Å². The third-order valence-corrected chi connectivity index (χ3v) is 3.24. The summed E-state index contributed by atoms with van der Waals surface area (Å²) in [7, 11) is 0. The number of rotatable bonds is 2. The van der Waals surface area contributed by atoms with Gasteiger partial charge in [-0.3, -0.25) is 4.79 Å². The van der Waals surface area contributed by atoms with E-state index in [-0.39, 0.29) is 17.5 Å². The third-order valence-electron chi connectivity index (χ3n) is 3.24. The van der Waals surface area contributed by atoms with E-state index >= 15 is 0 Å². The summed E-state index contributed by atoms with van der Waals surface area (Å²) < 4.78 is 5.44. The number of hydrogen-bond donors (Lipinski definition) is 0. The van der Waals surface area contributed by atoms with Crippen LogP contribution in [0.3, 0.4) is 0 Å². The molecule has 0 heterocycles. The second-order valence-corrected chi connectivity index (χ2v) is 5.85. The molecule has 2 rings (SSSR count). The van der Waals surface area contributed by atoms with Crippen molar-refractivity contribution in [2.75, 3.05) is 0 Å². The zero-order chi connectivity index (χ0) is 12.6. The molecule has 0 radical (unpaired) electrons. The summed E-state index contributed by atoms with van der Waals surface area (Å²) in [5.41, 5.74) is 0.858. The summed E-state index contributed by atoms with van der Waals surface area (Å²) in [6.07, 6.45) is 0. The smallest absolute Gasteiger partial charge is 0.310 e. The van der Waals surface area contributed by atoms with E-state index in [4.69, 9.17) is 4.74 Å². The Morgan fingerprint density at radius 3 is 2.29 bits per heavy atom. The van der Waals surface area contributed by atoms with E-state index in [0.717, 1.165) is 0 Å². The van der Waals surface area contributed by atoms with E-state index in [9.17, 15) is 4.79 Å². The normalized spacial score (nSPS) is 27.6. The van der Waals surface area contributed by atoms with Crippen molar-refractivity contribution in [3.05, 3.63) is 35.9 Å². The maximum Gasteiger partial charge on any atom is 0.310 e. The Morgan fingerprint density at radius 2 is 1.76 bits per heavy atom. The summed E-state index contributed by atoms with van der Waals surface area (Å²) in [4.78, 5) is 12.0. The molecule has 1 fully saturated rings. The van der Waals surface area contributed by atoms with Gasteiger partial charge in [-0.05, 0) is 32.3 Å². The topological polar surface area (TPSA) is 26.3 Å². The van der Waals surface area contributed by atoms with E-state index in [1.54, 1.807) is 0 Å². The average molecular weight is 232 g/mol. The van der Waals surface area contributed by atoms with Crippen LogP contribution in [0.25, 0.3) is 0 Å². The van der Waals surface area contributed by atoms with Crippen molar-refractivity contribution < 1.29 is 9.53 Å². The van der Waals surface area contributed by atoms with E-state index in [1.165, 1.54) is 5.56 Å². The zero-order valence-electron chi connectivity index (χ0n) is 10.9. The second kappa shape index (κ2) is 4.17. The zero-order valence-corrected chi connectivity index (χ0v) is 10.9. The molecular formula is C15H20O2. The molecular weight excluding hydrogens is 212 g/mol. The van der Waals surface area contributed by atoms with E-state index < -0.39 is 0 Å². The highest BCUT2D eigenvalue weighted by atomic mass is 16.6. The van der Waals surface area contributed by atoms with Gasteiger partial charge >= 0.3 is 5.97 Å². The Labute approximate surface area is 103 Å². The predicted molar refractivity (Wildman–Crippen MR) is 67.7 cm³/mol. The second-order valence-electron chi connectivity index (χ2n) is 5.85. The molecule has 1 aromatic rings. The average Bonchev–Trinajstić information content (AvgIpc) is 2.89. The summed E-state index contributed by atoms with van der Waals surface area (Å²) in [5.74, 6) is 0.716. The highest BCUT2D eigenvalue weighted by Gasteiger charge is 2.53. The highest BCUT2D eigenvalue weighted by molar-refractivity contribution is 5.78. The molecule has 92 valence electrons. The van der Waals surface area contributed by atoms with Gasteiger partial charge < -0.3 is 4.74 Å². The van der Waals surface area contributed by atoms with Crippen LogP contribution in [0.15, 0.2) is 30.3 Å². The lowest BCUT2D eigenvalue weighted by Gasteiger charge is -2.19. The van der Waals surface area contributed by atoms with Gasteiger partial charge in [-0.1, -0.05) is 37.3 Å².